The fraction of sp³-hybridized carbons (Fsp3) is 0.263. The Morgan fingerprint density at radius 3 is 2.52 bits per heavy atom. The third-order valence-corrected chi connectivity index (χ3v) is 7.90. The highest BCUT2D eigenvalue weighted by Gasteiger charge is 2.27. The van der Waals surface area contributed by atoms with Crippen LogP contribution in [-0.2, 0) is 10.0 Å². The van der Waals surface area contributed by atoms with Crippen LogP contribution in [0.15, 0.2) is 58.9 Å². The Morgan fingerprint density at radius 2 is 1.74 bits per heavy atom. The molecule has 0 amide bonds. The maximum atomic E-state index is 12.8. The monoisotopic (exact) mass is 400 g/mol. The number of nitrogens with one attached hydrogen (secondary N) is 1. The number of hydrogen-bond donors (Lipinski definition) is 1. The molecule has 0 bridgehead atoms. The molecule has 0 atom stereocenters. The predicted molar refractivity (Wildman–Crippen MR) is 108 cm³/mol. The van der Waals surface area contributed by atoms with E-state index in [4.69, 9.17) is 0 Å². The van der Waals surface area contributed by atoms with E-state index in [0.717, 1.165) is 29.8 Å². The second-order valence-corrected chi connectivity index (χ2v) is 9.59. The Hall–Kier alpha value is -2.29. The smallest absolute Gasteiger partial charge is 0.252 e. The van der Waals surface area contributed by atoms with Gasteiger partial charge in [0.05, 0.1) is 10.6 Å². The number of benzene rings is 1. The molecule has 140 valence electrons. The highest BCUT2D eigenvalue weighted by molar-refractivity contribution is 7.91. The van der Waals surface area contributed by atoms with Crippen LogP contribution >= 0.6 is 11.3 Å². The number of aromatic nitrogens is 2. The lowest BCUT2D eigenvalue weighted by atomic mass is 10.2. The van der Waals surface area contributed by atoms with Gasteiger partial charge in [-0.2, -0.15) is 4.31 Å². The topological polar surface area (TPSA) is 75.2 Å². The van der Waals surface area contributed by atoms with E-state index >= 15 is 0 Å². The Kier molecular flexibility index (Phi) is 5.20. The van der Waals surface area contributed by atoms with Crippen molar-refractivity contribution in [2.45, 2.75) is 23.5 Å². The van der Waals surface area contributed by atoms with Crippen molar-refractivity contribution in [1.82, 2.24) is 14.3 Å². The van der Waals surface area contributed by atoms with Crippen molar-refractivity contribution in [2.75, 3.05) is 18.4 Å². The zero-order valence-corrected chi connectivity index (χ0v) is 16.3. The number of rotatable bonds is 5. The van der Waals surface area contributed by atoms with Crippen LogP contribution in [0.3, 0.4) is 0 Å². The lowest BCUT2D eigenvalue weighted by molar-refractivity contribution is 0.347. The largest absolute Gasteiger partial charge is 0.324 e. The lowest BCUT2D eigenvalue weighted by Crippen LogP contribution is -2.35. The molecule has 1 fully saturated rings. The molecule has 1 saturated heterocycles. The van der Waals surface area contributed by atoms with Crippen molar-refractivity contribution in [1.29, 1.82) is 0 Å². The van der Waals surface area contributed by atoms with Crippen LogP contribution in [0.4, 0.5) is 11.6 Å². The minimum absolute atomic E-state index is 0.371. The van der Waals surface area contributed by atoms with Gasteiger partial charge in [0.15, 0.2) is 0 Å². The summed E-state index contributed by atoms with van der Waals surface area (Å²) >= 11 is 1.25. The first-order valence-corrected chi connectivity index (χ1v) is 11.1. The van der Waals surface area contributed by atoms with Crippen molar-refractivity contribution < 1.29 is 8.42 Å². The van der Waals surface area contributed by atoms with Gasteiger partial charge in [-0.05, 0) is 43.2 Å². The molecule has 0 spiro atoms. The molecule has 1 N–H and O–H groups in total. The standard InChI is InChI=1S/C19H20N4O2S2/c24-27(25,23-13-5-2-6-14-23)18-10-9-17(26-18)16-11-12-20-19(22-16)21-15-7-3-1-4-8-15/h1,3-4,7-12H,2,5-6,13-14H2,(H,20,21,22). The van der Waals surface area contributed by atoms with Crippen LogP contribution in [0.1, 0.15) is 19.3 Å². The van der Waals surface area contributed by atoms with E-state index in [2.05, 4.69) is 15.3 Å². The zero-order chi connectivity index (χ0) is 18.7. The van der Waals surface area contributed by atoms with E-state index in [0.29, 0.717) is 28.9 Å². The van der Waals surface area contributed by atoms with Crippen molar-refractivity contribution in [2.24, 2.45) is 0 Å². The van der Waals surface area contributed by atoms with Gasteiger partial charge < -0.3 is 5.32 Å². The van der Waals surface area contributed by atoms with E-state index in [-0.39, 0.29) is 0 Å². The van der Waals surface area contributed by atoms with Crippen LogP contribution < -0.4 is 5.32 Å². The van der Waals surface area contributed by atoms with Gasteiger partial charge >= 0.3 is 0 Å². The Morgan fingerprint density at radius 1 is 0.963 bits per heavy atom. The molecule has 3 heterocycles. The lowest BCUT2D eigenvalue weighted by Gasteiger charge is -2.25. The molecule has 1 aliphatic rings. The van der Waals surface area contributed by atoms with Crippen molar-refractivity contribution in [3.8, 4) is 10.6 Å². The van der Waals surface area contributed by atoms with Gasteiger partial charge in [0.2, 0.25) is 5.95 Å². The van der Waals surface area contributed by atoms with E-state index in [1.165, 1.54) is 11.3 Å². The highest BCUT2D eigenvalue weighted by Crippen LogP contribution is 2.32. The predicted octanol–water partition coefficient (Wildman–Crippen LogP) is 4.12. The van der Waals surface area contributed by atoms with Crippen molar-refractivity contribution in [3.05, 3.63) is 54.7 Å². The number of thiophene rings is 1. The van der Waals surface area contributed by atoms with E-state index in [1.54, 1.807) is 22.6 Å². The molecule has 27 heavy (non-hydrogen) atoms. The average Bonchev–Trinajstić information content (AvgIpc) is 3.21. The second kappa shape index (κ2) is 7.75. The molecule has 3 aromatic rings. The second-order valence-electron chi connectivity index (χ2n) is 6.34. The van der Waals surface area contributed by atoms with Gasteiger partial charge in [-0.25, -0.2) is 18.4 Å². The minimum Gasteiger partial charge on any atom is -0.324 e. The summed E-state index contributed by atoms with van der Waals surface area (Å²) in [7, 11) is -3.42. The molecule has 1 aliphatic heterocycles. The van der Waals surface area contributed by atoms with Gasteiger partial charge in [-0.3, -0.25) is 0 Å². The summed E-state index contributed by atoms with van der Waals surface area (Å²) in [5.74, 6) is 0.479. The van der Waals surface area contributed by atoms with E-state index in [1.807, 2.05) is 36.4 Å². The summed E-state index contributed by atoms with van der Waals surface area (Å²) in [4.78, 5) is 9.58. The molecule has 0 unspecified atom stereocenters. The van der Waals surface area contributed by atoms with Gasteiger partial charge in [0.1, 0.15) is 4.21 Å². The molecule has 4 rings (SSSR count). The molecule has 6 nitrogen and oxygen atoms in total. The molecule has 2 aromatic heterocycles. The van der Waals surface area contributed by atoms with Crippen LogP contribution in [0.2, 0.25) is 0 Å². The fourth-order valence-electron chi connectivity index (χ4n) is 3.04. The molecule has 1 aromatic carbocycles. The molecule has 8 heteroatoms. The first-order chi connectivity index (χ1) is 13.1. The van der Waals surface area contributed by atoms with Gasteiger partial charge in [0, 0.05) is 25.0 Å². The number of nitrogens with zero attached hydrogens (tertiary/aromatic N) is 3. The summed E-state index contributed by atoms with van der Waals surface area (Å²) in [6.45, 7) is 1.21. The Bertz CT molecular complexity index is 1010. The number of para-hydroxylation sites is 1. The van der Waals surface area contributed by atoms with Gasteiger partial charge in [-0.1, -0.05) is 24.6 Å². The summed E-state index contributed by atoms with van der Waals surface area (Å²) < 4.78 is 27.6. The van der Waals surface area contributed by atoms with Crippen molar-refractivity contribution >= 4 is 33.0 Å². The molecule has 0 radical (unpaired) electrons. The normalized spacial score (nSPS) is 15.6. The molecule has 0 saturated carbocycles. The van der Waals surface area contributed by atoms with Gasteiger partial charge in [-0.15, -0.1) is 11.3 Å². The minimum atomic E-state index is -3.42. The average molecular weight is 401 g/mol. The van der Waals surface area contributed by atoms with Gasteiger partial charge in [0.25, 0.3) is 10.0 Å². The summed E-state index contributed by atoms with van der Waals surface area (Å²) in [5, 5.41) is 3.16. The number of hydrogen-bond acceptors (Lipinski definition) is 6. The zero-order valence-electron chi connectivity index (χ0n) is 14.7. The van der Waals surface area contributed by atoms with Crippen LogP contribution in [-0.4, -0.2) is 35.8 Å². The maximum Gasteiger partial charge on any atom is 0.252 e. The third kappa shape index (κ3) is 4.02. The SMILES string of the molecule is O=S(=O)(c1ccc(-c2ccnc(Nc3ccccc3)n2)s1)N1CCCCC1. The number of piperidine rings is 1. The van der Waals surface area contributed by atoms with Crippen LogP contribution in [0.25, 0.3) is 10.6 Å². The summed E-state index contributed by atoms with van der Waals surface area (Å²) in [6, 6.07) is 15.0. The molecular formula is C19H20N4O2S2. The van der Waals surface area contributed by atoms with Crippen molar-refractivity contribution in [3.63, 3.8) is 0 Å². The first-order valence-electron chi connectivity index (χ1n) is 8.88. The maximum absolute atomic E-state index is 12.8. The molecule has 0 aliphatic carbocycles. The van der Waals surface area contributed by atoms with E-state index in [9.17, 15) is 8.42 Å². The van der Waals surface area contributed by atoms with Crippen LogP contribution in [0.5, 0.6) is 0 Å². The fourth-order valence-corrected chi connectivity index (χ4v) is 5.98. The quantitative estimate of drug-likeness (QED) is 0.697. The number of anilines is 2. The number of sulfonamides is 1. The summed E-state index contributed by atoms with van der Waals surface area (Å²) in [5.41, 5.74) is 1.60. The summed E-state index contributed by atoms with van der Waals surface area (Å²) in [6.07, 6.45) is 4.63. The van der Waals surface area contributed by atoms with Crippen LogP contribution in [0, 0.1) is 0 Å². The first kappa shape index (κ1) is 18.1. The Balaban J connectivity index is 1.57. The highest BCUT2D eigenvalue weighted by atomic mass is 32.2. The Labute approximate surface area is 163 Å². The molecular weight excluding hydrogens is 380 g/mol. The third-order valence-electron chi connectivity index (χ3n) is 4.43. The van der Waals surface area contributed by atoms with E-state index < -0.39 is 10.0 Å².